The fourth-order valence-corrected chi connectivity index (χ4v) is 3.79. The minimum absolute atomic E-state index is 0. The summed E-state index contributed by atoms with van der Waals surface area (Å²) >= 11 is 6.11. The van der Waals surface area contributed by atoms with E-state index in [2.05, 4.69) is 38.1 Å². The van der Waals surface area contributed by atoms with Gasteiger partial charge in [0.1, 0.15) is 0 Å². The molecule has 1 N–H and O–H groups in total. The van der Waals surface area contributed by atoms with Crippen LogP contribution < -0.4 is 10.2 Å². The minimum Gasteiger partial charge on any atom is -0.368 e. The van der Waals surface area contributed by atoms with Gasteiger partial charge >= 0.3 is 0 Å². The fourth-order valence-electron chi connectivity index (χ4n) is 3.61. The van der Waals surface area contributed by atoms with Crippen molar-refractivity contribution in [3.63, 3.8) is 0 Å². The van der Waals surface area contributed by atoms with Gasteiger partial charge in [0.05, 0.1) is 0 Å². The predicted molar refractivity (Wildman–Crippen MR) is 118 cm³/mol. The van der Waals surface area contributed by atoms with Gasteiger partial charge in [0, 0.05) is 57.0 Å². The molecule has 5 nitrogen and oxygen atoms in total. The molecule has 0 aliphatic carbocycles. The molecule has 3 rings (SSSR count). The fraction of sp³-hybridized carbons (Fsp3) is 0.611. The predicted octanol–water partition coefficient (Wildman–Crippen LogP) is 2.61. The van der Waals surface area contributed by atoms with Crippen molar-refractivity contribution in [3.8, 4) is 0 Å². The molecule has 1 atom stereocenters. The maximum absolute atomic E-state index is 6.11. The van der Waals surface area contributed by atoms with E-state index in [1.807, 2.05) is 25.2 Å². The second-order valence-electron chi connectivity index (χ2n) is 6.80. The molecule has 0 amide bonds. The summed E-state index contributed by atoms with van der Waals surface area (Å²) in [5.41, 5.74) is 1.21. The Hall–Kier alpha value is -0.730. The van der Waals surface area contributed by atoms with Crippen LogP contribution in [0.4, 0.5) is 5.69 Å². The lowest BCUT2D eigenvalue weighted by molar-refractivity contribution is 0.363. The van der Waals surface area contributed by atoms with E-state index in [1.165, 1.54) is 25.2 Å². The zero-order valence-corrected chi connectivity index (χ0v) is 18.2. The van der Waals surface area contributed by atoms with Crippen LogP contribution in [0.3, 0.4) is 0 Å². The minimum atomic E-state index is 0. The number of nitrogens with zero attached hydrogens (tertiary/aromatic N) is 4. The van der Waals surface area contributed by atoms with Crippen LogP contribution in [0.25, 0.3) is 0 Å². The van der Waals surface area contributed by atoms with E-state index in [0.717, 1.165) is 49.6 Å². The SMILES string of the molecule is CN=C(NCC1CCN(C)C1)N1CCN(c2cccc(Cl)c2)CC1.I. The van der Waals surface area contributed by atoms with E-state index in [0.29, 0.717) is 0 Å². The summed E-state index contributed by atoms with van der Waals surface area (Å²) in [6.07, 6.45) is 1.28. The van der Waals surface area contributed by atoms with Crippen molar-refractivity contribution in [1.29, 1.82) is 0 Å². The number of aliphatic imine (C=N–C) groups is 1. The van der Waals surface area contributed by atoms with Gasteiger partial charge in [-0.25, -0.2) is 0 Å². The largest absolute Gasteiger partial charge is 0.368 e. The van der Waals surface area contributed by atoms with Crippen molar-refractivity contribution in [2.45, 2.75) is 6.42 Å². The maximum atomic E-state index is 6.11. The van der Waals surface area contributed by atoms with E-state index >= 15 is 0 Å². The van der Waals surface area contributed by atoms with Gasteiger partial charge in [0.15, 0.2) is 5.96 Å². The highest BCUT2D eigenvalue weighted by Crippen LogP contribution is 2.21. The monoisotopic (exact) mass is 477 g/mol. The number of rotatable bonds is 3. The first-order valence-corrected chi connectivity index (χ1v) is 9.18. The van der Waals surface area contributed by atoms with Crippen molar-refractivity contribution in [3.05, 3.63) is 29.3 Å². The summed E-state index contributed by atoms with van der Waals surface area (Å²) in [6, 6.07) is 8.11. The molecule has 0 saturated carbocycles. The summed E-state index contributed by atoms with van der Waals surface area (Å²) < 4.78 is 0. The summed E-state index contributed by atoms with van der Waals surface area (Å²) in [5.74, 6) is 1.77. The summed E-state index contributed by atoms with van der Waals surface area (Å²) in [5, 5.41) is 4.37. The lowest BCUT2D eigenvalue weighted by atomic mass is 10.1. The summed E-state index contributed by atoms with van der Waals surface area (Å²) in [7, 11) is 4.08. The first-order valence-electron chi connectivity index (χ1n) is 8.80. The maximum Gasteiger partial charge on any atom is 0.193 e. The molecular formula is C18H29ClIN5. The van der Waals surface area contributed by atoms with Crippen LogP contribution in [0, 0.1) is 5.92 Å². The van der Waals surface area contributed by atoms with Crippen molar-refractivity contribution < 1.29 is 0 Å². The molecule has 2 saturated heterocycles. The Morgan fingerprint density at radius 3 is 2.60 bits per heavy atom. The van der Waals surface area contributed by atoms with E-state index < -0.39 is 0 Å². The van der Waals surface area contributed by atoms with Crippen molar-refractivity contribution in [2.75, 3.05) is 64.8 Å². The Bertz CT molecular complexity index is 574. The van der Waals surface area contributed by atoms with Crippen molar-refractivity contribution in [1.82, 2.24) is 15.1 Å². The molecule has 0 spiro atoms. The standard InChI is InChI=1S/C18H28ClN5.HI/c1-20-18(21-13-15-6-7-22(2)14-15)24-10-8-23(9-11-24)17-5-3-4-16(19)12-17;/h3-5,12,15H,6-11,13-14H2,1-2H3,(H,20,21);1H. The van der Waals surface area contributed by atoms with Gasteiger partial charge in [0.25, 0.3) is 0 Å². The molecule has 0 radical (unpaired) electrons. The number of piperazine rings is 1. The molecule has 0 aromatic heterocycles. The molecule has 140 valence electrons. The van der Waals surface area contributed by atoms with E-state index in [4.69, 9.17) is 11.6 Å². The third-order valence-corrected chi connectivity index (χ3v) is 5.24. The molecule has 25 heavy (non-hydrogen) atoms. The normalized spacial score (nSPS) is 22.0. The Morgan fingerprint density at radius 1 is 1.24 bits per heavy atom. The Balaban J connectivity index is 0.00000225. The number of nitrogens with one attached hydrogen (secondary N) is 1. The molecular weight excluding hydrogens is 449 g/mol. The van der Waals surface area contributed by atoms with E-state index in [9.17, 15) is 0 Å². The van der Waals surface area contributed by atoms with E-state index in [-0.39, 0.29) is 24.0 Å². The first kappa shape index (κ1) is 20.6. The highest BCUT2D eigenvalue weighted by Gasteiger charge is 2.23. The number of benzene rings is 1. The first-order chi connectivity index (χ1) is 11.7. The Labute approximate surface area is 173 Å². The zero-order chi connectivity index (χ0) is 16.9. The molecule has 0 bridgehead atoms. The van der Waals surface area contributed by atoms with Crippen molar-refractivity contribution in [2.24, 2.45) is 10.9 Å². The van der Waals surface area contributed by atoms with Crippen LogP contribution >= 0.6 is 35.6 Å². The number of hydrogen-bond donors (Lipinski definition) is 1. The van der Waals surface area contributed by atoms with Gasteiger partial charge in [-0.05, 0) is 44.1 Å². The lowest BCUT2D eigenvalue weighted by Crippen LogP contribution is -2.53. The van der Waals surface area contributed by atoms with Gasteiger partial charge in [-0.3, -0.25) is 4.99 Å². The lowest BCUT2D eigenvalue weighted by Gasteiger charge is -2.38. The molecule has 2 aliphatic heterocycles. The highest BCUT2D eigenvalue weighted by molar-refractivity contribution is 14.0. The van der Waals surface area contributed by atoms with Crippen molar-refractivity contribution >= 4 is 47.2 Å². The van der Waals surface area contributed by atoms with Crippen LogP contribution in [0.2, 0.25) is 5.02 Å². The van der Waals surface area contributed by atoms with Crippen LogP contribution in [0.15, 0.2) is 29.3 Å². The second-order valence-corrected chi connectivity index (χ2v) is 7.24. The highest BCUT2D eigenvalue weighted by atomic mass is 127. The average molecular weight is 478 g/mol. The number of hydrogen-bond acceptors (Lipinski definition) is 3. The second kappa shape index (κ2) is 9.83. The van der Waals surface area contributed by atoms with Crippen LogP contribution in [0.5, 0.6) is 0 Å². The third kappa shape index (κ3) is 5.62. The number of likely N-dealkylation sites (tertiary alicyclic amines) is 1. The smallest absolute Gasteiger partial charge is 0.193 e. The topological polar surface area (TPSA) is 34.1 Å². The molecule has 1 aromatic rings. The molecule has 2 aliphatic rings. The number of halogens is 2. The number of guanidine groups is 1. The zero-order valence-electron chi connectivity index (χ0n) is 15.1. The number of anilines is 1. The summed E-state index contributed by atoms with van der Waals surface area (Å²) in [4.78, 5) is 11.6. The van der Waals surface area contributed by atoms with Crippen LogP contribution in [-0.4, -0.2) is 75.7 Å². The van der Waals surface area contributed by atoms with Gasteiger partial charge in [0.2, 0.25) is 0 Å². The molecule has 2 heterocycles. The quantitative estimate of drug-likeness (QED) is 0.412. The average Bonchev–Trinajstić information content (AvgIpc) is 3.01. The molecule has 2 fully saturated rings. The molecule has 1 unspecified atom stereocenters. The van der Waals surface area contributed by atoms with Gasteiger partial charge in [-0.1, -0.05) is 17.7 Å². The Morgan fingerprint density at radius 2 is 2.00 bits per heavy atom. The van der Waals surface area contributed by atoms with E-state index in [1.54, 1.807) is 0 Å². The van der Waals surface area contributed by atoms with Gasteiger partial charge < -0.3 is 20.0 Å². The van der Waals surface area contributed by atoms with Gasteiger partial charge in [-0.2, -0.15) is 0 Å². The van der Waals surface area contributed by atoms with Gasteiger partial charge in [-0.15, -0.1) is 24.0 Å². The third-order valence-electron chi connectivity index (χ3n) is 5.00. The Kier molecular flexibility index (Phi) is 8.09. The molecule has 1 aromatic carbocycles. The van der Waals surface area contributed by atoms with Crippen LogP contribution in [-0.2, 0) is 0 Å². The molecule has 7 heteroatoms. The van der Waals surface area contributed by atoms with Crippen LogP contribution in [0.1, 0.15) is 6.42 Å². The summed E-state index contributed by atoms with van der Waals surface area (Å²) in [6.45, 7) is 7.37.